The molecule has 1 aromatic carbocycles. The van der Waals surface area contributed by atoms with Gasteiger partial charge in [0, 0.05) is 18.2 Å². The molecule has 16 atom stereocenters. The Hall–Kier alpha value is -3.58. The fraction of sp³-hybridized carbons (Fsp3) is 0.576. The molecule has 0 radical (unpaired) electrons. The number of phenols is 2. The molecule has 16 unspecified atom stereocenters. The average Bonchev–Trinajstić information content (AvgIpc) is 3.12. The minimum absolute atomic E-state index is 0.0332. The molecule has 4 aliphatic heterocycles. The van der Waals surface area contributed by atoms with Crippen molar-refractivity contribution in [1.29, 1.82) is 0 Å². The van der Waals surface area contributed by atoms with Crippen molar-refractivity contribution in [2.75, 3.05) is 13.2 Å². The Labute approximate surface area is 300 Å². The van der Waals surface area contributed by atoms with Crippen molar-refractivity contribution in [1.82, 2.24) is 0 Å². The zero-order chi connectivity index (χ0) is 38.5. The lowest BCUT2D eigenvalue weighted by atomic mass is 9.96. The molecule has 6 rings (SSSR count). The van der Waals surface area contributed by atoms with E-state index in [1.165, 1.54) is 25.1 Å². The Balaban J connectivity index is 1.33. The summed E-state index contributed by atoms with van der Waals surface area (Å²) in [6.45, 7) is -0.0548. The predicted octanol–water partition coefficient (Wildman–Crippen LogP) is -4.01. The first kappa shape index (κ1) is 39.1. The molecule has 0 saturated carbocycles. The van der Waals surface area contributed by atoms with Crippen LogP contribution in [0.4, 0.5) is 0 Å². The van der Waals surface area contributed by atoms with E-state index >= 15 is 0 Å². The number of aliphatic hydroxyl groups is 13. The van der Waals surface area contributed by atoms with Gasteiger partial charge in [-0.05, 0) is 19.1 Å². The highest BCUT2D eigenvalue weighted by Crippen LogP contribution is 2.39. The molecule has 53 heavy (non-hydrogen) atoms. The molecule has 0 spiro atoms. The van der Waals surface area contributed by atoms with Crippen LogP contribution in [0.1, 0.15) is 12.5 Å². The van der Waals surface area contributed by atoms with Crippen molar-refractivity contribution < 1.29 is 99.5 Å². The van der Waals surface area contributed by atoms with Gasteiger partial charge in [0.05, 0.1) is 36.5 Å². The van der Waals surface area contributed by atoms with Gasteiger partial charge in [0.1, 0.15) is 78.7 Å². The zero-order valence-electron chi connectivity index (χ0n) is 27.8. The maximum atomic E-state index is 11.6. The molecule has 294 valence electrons. The maximum Gasteiger partial charge on any atom is 0.305 e. The summed E-state index contributed by atoms with van der Waals surface area (Å²) in [6.07, 6.45) is -22.6. The van der Waals surface area contributed by atoms with Crippen molar-refractivity contribution in [3.8, 4) is 11.5 Å². The molecule has 3 fully saturated rings. The third kappa shape index (κ3) is 7.70. The smallest absolute Gasteiger partial charge is 0.305 e. The molecule has 1 aliphatic carbocycles. The molecule has 0 amide bonds. The monoisotopic (exact) mass is 759 g/mol. The highest BCUT2D eigenvalue weighted by atomic mass is 16.8. The number of aromatic hydroxyl groups is 2. The van der Waals surface area contributed by atoms with Crippen LogP contribution in [0.2, 0.25) is 0 Å². The Morgan fingerprint density at radius 2 is 1.38 bits per heavy atom. The van der Waals surface area contributed by atoms with Crippen molar-refractivity contribution in [2.45, 2.75) is 105 Å². The number of phenolic OH excluding ortho intramolecular Hbond substituents is 2. The lowest BCUT2D eigenvalue weighted by Gasteiger charge is -2.46. The number of ether oxygens (including phenoxy) is 7. The largest absolute Gasteiger partial charge is 0.571 e. The second-order valence-electron chi connectivity index (χ2n) is 13.2. The molecule has 14 N–H and O–H groups in total. The van der Waals surface area contributed by atoms with Gasteiger partial charge in [-0.1, -0.05) is 0 Å². The summed E-state index contributed by atoms with van der Waals surface area (Å²) in [7, 11) is 0. The Morgan fingerprint density at radius 3 is 2.08 bits per heavy atom. The standard InChI is InChI=1S/C33H42O20/c1-10-21(39)24(42)26(44)31(48-10)47-9-20-23(41)30(53-32-27(45)25(43)22(40)19(8-34)51-32)28(46)33(52-20)50-18-7-13-15(37)5-12(35)6-17(13)49-29(18)11-2-3-14(36)16(38)4-11/h2-7,10,17,19-28,30-46H,8-9H2,1H3/p+1. The average molecular weight is 760 g/mol. The summed E-state index contributed by atoms with van der Waals surface area (Å²) in [4.78, 5) is 0. The van der Waals surface area contributed by atoms with Gasteiger partial charge < -0.3 is 99.5 Å². The highest BCUT2D eigenvalue weighted by molar-refractivity contribution is 5.69. The van der Waals surface area contributed by atoms with Crippen molar-refractivity contribution in [3.05, 3.63) is 64.8 Å². The van der Waals surface area contributed by atoms with Crippen LogP contribution in [0.3, 0.4) is 0 Å². The van der Waals surface area contributed by atoms with Crippen LogP contribution >= 0.6 is 0 Å². The van der Waals surface area contributed by atoms with E-state index in [0.29, 0.717) is 0 Å². The van der Waals surface area contributed by atoms with Crippen LogP contribution in [0, 0.1) is 0 Å². The van der Waals surface area contributed by atoms with Crippen LogP contribution in [-0.2, 0) is 28.4 Å². The minimum atomic E-state index is -1.99. The normalized spacial score (nSPS) is 41.8. The minimum Gasteiger partial charge on any atom is -0.571 e. The summed E-state index contributed by atoms with van der Waals surface area (Å²) in [5.74, 6) is -1.93. The van der Waals surface area contributed by atoms with Gasteiger partial charge in [-0.25, -0.2) is 0 Å². The van der Waals surface area contributed by atoms with Gasteiger partial charge in [0.2, 0.25) is 18.2 Å². The SMILES string of the molecule is CC1OC(OCC2OC(OC3=C(c4ccc(O)c(O)c4)[OH+]C4C=C(O)C=C(O)C4=C3)C(O)C(OC3OC(CO)C(O)C(O)C3O)C2O)C(O)C(O)C1O. The van der Waals surface area contributed by atoms with E-state index < -0.39 is 129 Å². The summed E-state index contributed by atoms with van der Waals surface area (Å²) in [5.41, 5.74) is 0.285. The van der Waals surface area contributed by atoms with Crippen LogP contribution in [0.5, 0.6) is 11.5 Å². The van der Waals surface area contributed by atoms with Gasteiger partial charge in [-0.3, -0.25) is 0 Å². The number of allylic oxidation sites excluding steroid dienone is 2. The van der Waals surface area contributed by atoms with Gasteiger partial charge >= 0.3 is 5.76 Å². The van der Waals surface area contributed by atoms with Gasteiger partial charge in [-0.2, -0.15) is 0 Å². The van der Waals surface area contributed by atoms with Crippen molar-refractivity contribution in [3.63, 3.8) is 0 Å². The Morgan fingerprint density at radius 1 is 0.698 bits per heavy atom. The zero-order valence-corrected chi connectivity index (χ0v) is 27.8. The third-order valence-electron chi connectivity index (χ3n) is 9.52. The topological polar surface area (TPSA) is 331 Å². The van der Waals surface area contributed by atoms with Gasteiger partial charge in [0.15, 0.2) is 24.1 Å². The lowest BCUT2D eigenvalue weighted by Crippen LogP contribution is -2.65. The first-order valence-corrected chi connectivity index (χ1v) is 16.6. The van der Waals surface area contributed by atoms with Crippen LogP contribution in [0.25, 0.3) is 5.76 Å². The summed E-state index contributed by atoms with van der Waals surface area (Å²) >= 11 is 0. The molecule has 0 bridgehead atoms. The quantitative estimate of drug-likeness (QED) is 0.0842. The van der Waals surface area contributed by atoms with Crippen molar-refractivity contribution in [2.24, 2.45) is 0 Å². The number of benzene rings is 1. The molecule has 4 heterocycles. The van der Waals surface area contributed by atoms with Gasteiger partial charge in [-0.15, -0.1) is 0 Å². The fourth-order valence-electron chi connectivity index (χ4n) is 6.43. The van der Waals surface area contributed by atoms with Gasteiger partial charge in [0.25, 0.3) is 0 Å². The Kier molecular flexibility index (Phi) is 11.5. The second-order valence-corrected chi connectivity index (χ2v) is 13.2. The maximum absolute atomic E-state index is 11.6. The van der Waals surface area contributed by atoms with E-state index in [1.54, 1.807) is 0 Å². The second kappa shape index (κ2) is 15.6. The Bertz CT molecular complexity index is 1610. The first-order valence-electron chi connectivity index (χ1n) is 16.6. The van der Waals surface area contributed by atoms with Crippen molar-refractivity contribution >= 4 is 5.76 Å². The number of hydrogen-bond donors (Lipinski definition) is 13. The number of aliphatic hydroxyl groups excluding tert-OH is 11. The van der Waals surface area contributed by atoms with E-state index in [0.717, 1.165) is 18.2 Å². The van der Waals surface area contributed by atoms with E-state index in [9.17, 15) is 66.4 Å². The van der Waals surface area contributed by atoms with E-state index in [4.69, 9.17) is 28.4 Å². The predicted molar refractivity (Wildman–Crippen MR) is 171 cm³/mol. The van der Waals surface area contributed by atoms with E-state index in [-0.39, 0.29) is 28.4 Å². The number of fused-ring (bicyclic) bond motifs is 1. The molecule has 0 aromatic heterocycles. The van der Waals surface area contributed by atoms with Crippen LogP contribution in [0.15, 0.2) is 59.3 Å². The van der Waals surface area contributed by atoms with Crippen LogP contribution in [-0.4, -0.2) is 183 Å². The molecule has 20 nitrogen and oxygen atoms in total. The molecular weight excluding hydrogens is 716 g/mol. The molecule has 20 heteroatoms. The highest BCUT2D eigenvalue weighted by Gasteiger charge is 2.53. The lowest BCUT2D eigenvalue weighted by molar-refractivity contribution is -0.362. The van der Waals surface area contributed by atoms with E-state index in [1.807, 2.05) is 0 Å². The summed E-state index contributed by atoms with van der Waals surface area (Å²) in [5, 5.41) is 136. The molecule has 5 aliphatic rings. The molecular formula is C33H43O20+. The van der Waals surface area contributed by atoms with Crippen LogP contribution < -0.4 is 0 Å². The number of hydrogen-bond acceptors (Lipinski definition) is 19. The third-order valence-corrected chi connectivity index (χ3v) is 9.52. The molecule has 1 aromatic rings. The first-order chi connectivity index (χ1) is 25.1. The summed E-state index contributed by atoms with van der Waals surface area (Å²) < 4.78 is 38.8. The molecule has 3 saturated heterocycles. The number of rotatable bonds is 9. The fourth-order valence-corrected chi connectivity index (χ4v) is 6.43. The van der Waals surface area contributed by atoms with E-state index in [2.05, 4.69) is 4.74 Å². The summed E-state index contributed by atoms with van der Waals surface area (Å²) in [6, 6.07) is 3.67.